The summed E-state index contributed by atoms with van der Waals surface area (Å²) in [6.07, 6.45) is 2.27. The second kappa shape index (κ2) is 7.95. The van der Waals surface area contributed by atoms with Crippen molar-refractivity contribution >= 4 is 22.3 Å². The van der Waals surface area contributed by atoms with Crippen molar-refractivity contribution in [3.05, 3.63) is 60.2 Å². The second-order valence-corrected chi connectivity index (χ2v) is 5.29. The number of para-hydroxylation sites is 1. The van der Waals surface area contributed by atoms with Crippen LogP contribution in [0.4, 0.5) is 0 Å². The Morgan fingerprint density at radius 1 is 0.944 bits per heavy atom. The van der Waals surface area contributed by atoms with Gasteiger partial charge in [0, 0.05) is 8.41 Å². The molecule has 0 saturated heterocycles. The van der Waals surface area contributed by atoms with Crippen LogP contribution in [0.1, 0.15) is 5.56 Å². The maximum Gasteiger partial charge on any atom is 0.122 e. The van der Waals surface area contributed by atoms with Gasteiger partial charge in [-0.3, -0.25) is 0 Å². The summed E-state index contributed by atoms with van der Waals surface area (Å²) in [4.78, 5) is 0. The maximum absolute atomic E-state index is 5.35. The Hall–Kier alpha value is -1.27. The predicted octanol–water partition coefficient (Wildman–Crippen LogP) is 2.86. The van der Waals surface area contributed by atoms with Crippen molar-refractivity contribution in [3.63, 3.8) is 0 Å². The Labute approximate surface area is 113 Å². The van der Waals surface area contributed by atoms with Gasteiger partial charge in [0.25, 0.3) is 0 Å². The fraction of sp³-hybridized carbons (Fsp3) is 0.200. The van der Waals surface area contributed by atoms with E-state index in [0.717, 1.165) is 20.8 Å². The molecule has 18 heavy (non-hydrogen) atoms. The third kappa shape index (κ3) is 4.20. The molecule has 0 N–H and O–H groups in total. The molecule has 0 aliphatic heterocycles. The molecule has 3 radical (unpaired) electrons. The molecular weight excluding hydrogens is 238 g/mol. The summed E-state index contributed by atoms with van der Waals surface area (Å²) in [5, 5.41) is 1.43. The number of ether oxygens (including phenoxy) is 1. The SMILES string of the molecule is COc1ccccc1CCPc1ccccc1.[B]. The number of benzene rings is 2. The van der Waals surface area contributed by atoms with Crippen LogP contribution in [0.5, 0.6) is 5.75 Å². The van der Waals surface area contributed by atoms with E-state index >= 15 is 0 Å². The van der Waals surface area contributed by atoms with Gasteiger partial charge in [-0.25, -0.2) is 0 Å². The molecule has 0 fully saturated rings. The van der Waals surface area contributed by atoms with Gasteiger partial charge in [-0.15, -0.1) is 0 Å². The summed E-state index contributed by atoms with van der Waals surface area (Å²) in [6, 6.07) is 18.9. The van der Waals surface area contributed by atoms with E-state index in [0.29, 0.717) is 0 Å². The molecule has 0 aliphatic rings. The van der Waals surface area contributed by atoms with Gasteiger partial charge in [0.05, 0.1) is 7.11 Å². The summed E-state index contributed by atoms with van der Waals surface area (Å²) in [5.74, 6) is 1.00. The van der Waals surface area contributed by atoms with E-state index in [-0.39, 0.29) is 8.41 Å². The Morgan fingerprint density at radius 2 is 1.61 bits per heavy atom. The molecule has 2 aromatic rings. The van der Waals surface area contributed by atoms with Crippen molar-refractivity contribution in [2.24, 2.45) is 0 Å². The number of hydrogen-bond donors (Lipinski definition) is 0. The molecule has 0 spiro atoms. The van der Waals surface area contributed by atoms with Crippen LogP contribution in [0.25, 0.3) is 0 Å². The Bertz CT molecular complexity index is 459. The topological polar surface area (TPSA) is 9.23 Å². The molecule has 0 heterocycles. The first-order chi connectivity index (χ1) is 8.40. The smallest absolute Gasteiger partial charge is 0.122 e. The van der Waals surface area contributed by atoms with Crippen molar-refractivity contribution in [2.45, 2.75) is 6.42 Å². The quantitative estimate of drug-likeness (QED) is 0.589. The van der Waals surface area contributed by atoms with Gasteiger partial charge in [-0.1, -0.05) is 57.1 Å². The molecule has 0 aromatic heterocycles. The molecule has 3 heteroatoms. The fourth-order valence-electron chi connectivity index (χ4n) is 1.81. The van der Waals surface area contributed by atoms with E-state index in [1.165, 1.54) is 17.0 Å². The lowest BCUT2D eigenvalue weighted by molar-refractivity contribution is 0.410. The maximum atomic E-state index is 5.35. The molecule has 0 bridgehead atoms. The summed E-state index contributed by atoms with van der Waals surface area (Å²) in [7, 11) is 2.61. The van der Waals surface area contributed by atoms with E-state index < -0.39 is 0 Å². The highest BCUT2D eigenvalue weighted by Gasteiger charge is 2.01. The molecule has 1 nitrogen and oxygen atoms in total. The number of rotatable bonds is 5. The zero-order chi connectivity index (χ0) is 11.9. The van der Waals surface area contributed by atoms with E-state index in [1.807, 2.05) is 12.1 Å². The van der Waals surface area contributed by atoms with Crippen molar-refractivity contribution in [3.8, 4) is 5.75 Å². The minimum atomic E-state index is 0. The first kappa shape index (κ1) is 14.8. The highest BCUT2D eigenvalue weighted by molar-refractivity contribution is 7.47. The van der Waals surface area contributed by atoms with Gasteiger partial charge in [0.1, 0.15) is 5.75 Å². The minimum absolute atomic E-state index is 0. The molecule has 1 unspecified atom stereocenters. The van der Waals surface area contributed by atoms with Crippen LogP contribution >= 0.6 is 8.58 Å². The highest BCUT2D eigenvalue weighted by atomic mass is 31.1. The van der Waals surface area contributed by atoms with Crippen molar-refractivity contribution in [1.82, 2.24) is 0 Å². The van der Waals surface area contributed by atoms with Crippen molar-refractivity contribution < 1.29 is 4.74 Å². The first-order valence-electron chi connectivity index (χ1n) is 5.81. The Balaban J connectivity index is 0.00000162. The number of hydrogen-bond acceptors (Lipinski definition) is 1. The zero-order valence-electron chi connectivity index (χ0n) is 10.6. The van der Waals surface area contributed by atoms with Gasteiger partial charge in [-0.2, -0.15) is 0 Å². The molecule has 2 rings (SSSR count). The van der Waals surface area contributed by atoms with Gasteiger partial charge < -0.3 is 4.74 Å². The molecule has 91 valence electrons. The third-order valence-corrected chi connectivity index (χ3v) is 3.93. The van der Waals surface area contributed by atoms with E-state index in [2.05, 4.69) is 42.5 Å². The van der Waals surface area contributed by atoms with Crippen LogP contribution in [0.2, 0.25) is 0 Å². The average molecular weight is 255 g/mol. The van der Waals surface area contributed by atoms with Crippen LogP contribution in [0.3, 0.4) is 0 Å². The average Bonchev–Trinajstić information content (AvgIpc) is 2.40. The summed E-state index contributed by atoms with van der Waals surface area (Å²) >= 11 is 0. The van der Waals surface area contributed by atoms with Crippen LogP contribution in [-0.2, 0) is 6.42 Å². The van der Waals surface area contributed by atoms with E-state index in [4.69, 9.17) is 4.74 Å². The molecule has 2 aromatic carbocycles. The normalized spacial score (nSPS) is 10.3. The lowest BCUT2D eigenvalue weighted by atomic mass is 10.1. The zero-order valence-corrected chi connectivity index (χ0v) is 11.6. The number of methoxy groups -OCH3 is 1. The first-order valence-corrected chi connectivity index (χ1v) is 7.01. The second-order valence-electron chi connectivity index (χ2n) is 3.85. The summed E-state index contributed by atoms with van der Waals surface area (Å²) in [5.41, 5.74) is 1.30. The molecule has 0 saturated carbocycles. The fourth-order valence-corrected chi connectivity index (χ4v) is 2.92. The largest absolute Gasteiger partial charge is 0.496 e. The summed E-state index contributed by atoms with van der Waals surface area (Å²) < 4.78 is 5.35. The molecule has 0 aliphatic carbocycles. The number of aryl methyl sites for hydroxylation is 1. The van der Waals surface area contributed by atoms with Gasteiger partial charge in [0.2, 0.25) is 0 Å². The Morgan fingerprint density at radius 3 is 2.33 bits per heavy atom. The third-order valence-electron chi connectivity index (χ3n) is 2.69. The van der Waals surface area contributed by atoms with Gasteiger partial charge in [-0.05, 0) is 29.5 Å². The van der Waals surface area contributed by atoms with Crippen molar-refractivity contribution in [2.75, 3.05) is 13.3 Å². The van der Waals surface area contributed by atoms with Crippen LogP contribution in [-0.4, -0.2) is 21.7 Å². The van der Waals surface area contributed by atoms with Gasteiger partial charge in [0.15, 0.2) is 0 Å². The van der Waals surface area contributed by atoms with Gasteiger partial charge >= 0.3 is 0 Å². The lowest BCUT2D eigenvalue weighted by Gasteiger charge is -2.07. The van der Waals surface area contributed by atoms with Crippen LogP contribution < -0.4 is 10.0 Å². The Kier molecular flexibility index (Phi) is 6.53. The summed E-state index contributed by atoms with van der Waals surface area (Å²) in [6.45, 7) is 0. The minimum Gasteiger partial charge on any atom is -0.496 e. The monoisotopic (exact) mass is 255 g/mol. The lowest BCUT2D eigenvalue weighted by Crippen LogP contribution is -1.97. The van der Waals surface area contributed by atoms with E-state index in [9.17, 15) is 0 Å². The highest BCUT2D eigenvalue weighted by Crippen LogP contribution is 2.20. The molecule has 1 atom stereocenters. The standard InChI is InChI=1S/C15H17OP.B/c1-16-15-10-6-5-7-13(15)11-12-17-14-8-3-2-4-9-14;/h2-10,17H,11-12H2,1H3;. The predicted molar refractivity (Wildman–Crippen MR) is 81.7 cm³/mol. The van der Waals surface area contributed by atoms with Crippen LogP contribution in [0.15, 0.2) is 54.6 Å². The van der Waals surface area contributed by atoms with E-state index in [1.54, 1.807) is 7.11 Å². The molecule has 0 amide bonds. The van der Waals surface area contributed by atoms with Crippen LogP contribution in [0, 0.1) is 0 Å². The van der Waals surface area contributed by atoms with Crippen molar-refractivity contribution in [1.29, 1.82) is 0 Å². The molecular formula is C15H17BOP.